The second kappa shape index (κ2) is 11.8. The first-order chi connectivity index (χ1) is 12.0. The number of nitrogens with one attached hydrogen (secondary N) is 1. The van der Waals surface area contributed by atoms with Gasteiger partial charge in [0.25, 0.3) is 0 Å². The predicted octanol–water partition coefficient (Wildman–Crippen LogP) is 2.98. The Labute approximate surface area is 176 Å². The first kappa shape index (κ1) is 23.2. The number of morpholine rings is 1. The fourth-order valence-electron chi connectivity index (χ4n) is 3.22. The first-order valence-electron chi connectivity index (χ1n) is 9.29. The lowest BCUT2D eigenvalue weighted by Gasteiger charge is -2.34. The summed E-state index contributed by atoms with van der Waals surface area (Å²) in [5.74, 6) is 1.60. The molecular weight excluding hydrogens is 439 g/mol. The van der Waals surface area contributed by atoms with Crippen molar-refractivity contribution in [2.45, 2.75) is 33.4 Å². The van der Waals surface area contributed by atoms with Gasteiger partial charge in [-0.2, -0.15) is 0 Å². The van der Waals surface area contributed by atoms with Crippen LogP contribution >= 0.6 is 24.0 Å². The predicted molar refractivity (Wildman–Crippen MR) is 120 cm³/mol. The van der Waals surface area contributed by atoms with Crippen molar-refractivity contribution in [1.29, 1.82) is 0 Å². The van der Waals surface area contributed by atoms with E-state index < -0.39 is 0 Å². The van der Waals surface area contributed by atoms with Gasteiger partial charge in [0.05, 0.1) is 12.7 Å². The Morgan fingerprint density at radius 3 is 2.65 bits per heavy atom. The van der Waals surface area contributed by atoms with Gasteiger partial charge in [0.2, 0.25) is 0 Å². The van der Waals surface area contributed by atoms with E-state index >= 15 is 0 Å². The van der Waals surface area contributed by atoms with Gasteiger partial charge in [0.1, 0.15) is 0 Å². The van der Waals surface area contributed by atoms with E-state index in [9.17, 15) is 0 Å². The second-order valence-corrected chi connectivity index (χ2v) is 7.42. The zero-order valence-electron chi connectivity index (χ0n) is 16.9. The molecule has 1 unspecified atom stereocenters. The number of guanidine groups is 1. The van der Waals surface area contributed by atoms with Gasteiger partial charge in [-0.1, -0.05) is 43.7 Å². The van der Waals surface area contributed by atoms with Crippen LogP contribution in [0.1, 0.15) is 25.0 Å². The molecule has 0 aliphatic carbocycles. The molecule has 1 aromatic rings. The van der Waals surface area contributed by atoms with Crippen molar-refractivity contribution >= 4 is 29.9 Å². The number of nitrogens with zero attached hydrogens (tertiary/aromatic N) is 3. The lowest BCUT2D eigenvalue weighted by atomic mass is 10.1. The van der Waals surface area contributed by atoms with Crippen molar-refractivity contribution < 1.29 is 4.74 Å². The van der Waals surface area contributed by atoms with Gasteiger partial charge in [-0.25, -0.2) is 0 Å². The molecule has 1 aliphatic rings. The highest BCUT2D eigenvalue weighted by Crippen LogP contribution is 2.08. The molecule has 1 heterocycles. The SMILES string of the molecule is CN=C(NCC1CN(CC(C)C)CCO1)N(C)Cc1ccc(C)cc1.I. The van der Waals surface area contributed by atoms with Crippen LogP contribution in [0.5, 0.6) is 0 Å². The molecule has 6 heteroatoms. The number of ether oxygens (including phenoxy) is 1. The maximum Gasteiger partial charge on any atom is 0.193 e. The summed E-state index contributed by atoms with van der Waals surface area (Å²) in [5.41, 5.74) is 2.57. The second-order valence-electron chi connectivity index (χ2n) is 7.42. The summed E-state index contributed by atoms with van der Waals surface area (Å²) in [7, 11) is 3.91. The molecule has 1 N–H and O–H groups in total. The van der Waals surface area contributed by atoms with Crippen LogP contribution in [-0.4, -0.2) is 68.7 Å². The summed E-state index contributed by atoms with van der Waals surface area (Å²) < 4.78 is 5.92. The summed E-state index contributed by atoms with van der Waals surface area (Å²) >= 11 is 0. The first-order valence-corrected chi connectivity index (χ1v) is 9.29. The maximum atomic E-state index is 5.92. The van der Waals surface area contributed by atoms with Crippen molar-refractivity contribution in [1.82, 2.24) is 15.1 Å². The van der Waals surface area contributed by atoms with Crippen molar-refractivity contribution in [3.8, 4) is 0 Å². The Morgan fingerprint density at radius 2 is 2.04 bits per heavy atom. The lowest BCUT2D eigenvalue weighted by Crippen LogP contribution is -2.50. The van der Waals surface area contributed by atoms with E-state index in [0.717, 1.165) is 45.3 Å². The van der Waals surface area contributed by atoms with Gasteiger partial charge in [-0.05, 0) is 18.4 Å². The molecule has 1 aromatic carbocycles. The Kier molecular flexibility index (Phi) is 10.5. The highest BCUT2D eigenvalue weighted by Gasteiger charge is 2.21. The van der Waals surface area contributed by atoms with Crippen LogP contribution < -0.4 is 5.32 Å². The Hall–Kier alpha value is -0.860. The van der Waals surface area contributed by atoms with Gasteiger partial charge in [-0.15, -0.1) is 24.0 Å². The van der Waals surface area contributed by atoms with Crippen molar-refractivity contribution in [3.63, 3.8) is 0 Å². The summed E-state index contributed by atoms with van der Waals surface area (Å²) in [4.78, 5) is 9.07. The van der Waals surface area contributed by atoms with Gasteiger partial charge in [0.15, 0.2) is 5.96 Å². The van der Waals surface area contributed by atoms with E-state index in [0.29, 0.717) is 5.92 Å². The highest BCUT2D eigenvalue weighted by atomic mass is 127. The molecule has 2 rings (SSSR count). The van der Waals surface area contributed by atoms with E-state index in [4.69, 9.17) is 4.74 Å². The highest BCUT2D eigenvalue weighted by molar-refractivity contribution is 14.0. The van der Waals surface area contributed by atoms with E-state index in [1.54, 1.807) is 0 Å². The third-order valence-electron chi connectivity index (χ3n) is 4.45. The number of hydrogen-bond donors (Lipinski definition) is 1. The minimum atomic E-state index is 0. The third kappa shape index (κ3) is 7.80. The number of aliphatic imine (C=N–C) groups is 1. The van der Waals surface area contributed by atoms with Crippen LogP contribution in [0.15, 0.2) is 29.3 Å². The third-order valence-corrected chi connectivity index (χ3v) is 4.45. The molecule has 0 bridgehead atoms. The van der Waals surface area contributed by atoms with E-state index in [1.807, 2.05) is 7.05 Å². The molecular formula is C20H35IN4O. The van der Waals surface area contributed by atoms with Crippen molar-refractivity contribution in [2.75, 3.05) is 46.9 Å². The molecule has 1 saturated heterocycles. The molecule has 1 fully saturated rings. The van der Waals surface area contributed by atoms with E-state index in [-0.39, 0.29) is 30.1 Å². The van der Waals surface area contributed by atoms with E-state index in [2.05, 4.69) is 72.2 Å². The fourth-order valence-corrected chi connectivity index (χ4v) is 3.22. The molecule has 148 valence electrons. The topological polar surface area (TPSA) is 40.1 Å². The molecule has 1 atom stereocenters. The molecule has 5 nitrogen and oxygen atoms in total. The summed E-state index contributed by atoms with van der Waals surface area (Å²) in [5, 5.41) is 3.47. The summed E-state index contributed by atoms with van der Waals surface area (Å²) in [6.07, 6.45) is 0.219. The minimum absolute atomic E-state index is 0. The number of rotatable bonds is 6. The number of aryl methyl sites for hydroxylation is 1. The minimum Gasteiger partial charge on any atom is -0.374 e. The van der Waals surface area contributed by atoms with Crippen molar-refractivity contribution in [3.05, 3.63) is 35.4 Å². The Bertz CT molecular complexity index is 547. The molecule has 0 saturated carbocycles. The van der Waals surface area contributed by atoms with Gasteiger partial charge in [-0.3, -0.25) is 9.89 Å². The van der Waals surface area contributed by atoms with Crippen LogP contribution in [-0.2, 0) is 11.3 Å². The monoisotopic (exact) mass is 474 g/mol. The standard InChI is InChI=1S/C20H34N4O.HI/c1-16(2)13-24-10-11-25-19(15-24)12-22-20(21-4)23(5)14-18-8-6-17(3)7-9-18;/h6-9,16,19H,10-15H2,1-5H3,(H,21,22);1H. The summed E-state index contributed by atoms with van der Waals surface area (Å²) in [6, 6.07) is 8.65. The van der Waals surface area contributed by atoms with Crippen LogP contribution in [0.25, 0.3) is 0 Å². The zero-order valence-corrected chi connectivity index (χ0v) is 19.2. The molecule has 0 spiro atoms. The average molecular weight is 474 g/mol. The van der Waals surface area contributed by atoms with Crippen LogP contribution in [0.2, 0.25) is 0 Å². The number of hydrogen-bond acceptors (Lipinski definition) is 3. The van der Waals surface area contributed by atoms with Crippen LogP contribution in [0.3, 0.4) is 0 Å². The lowest BCUT2D eigenvalue weighted by molar-refractivity contribution is -0.0286. The Morgan fingerprint density at radius 1 is 1.35 bits per heavy atom. The summed E-state index contributed by atoms with van der Waals surface area (Å²) in [6.45, 7) is 12.3. The zero-order chi connectivity index (χ0) is 18.2. The molecule has 0 radical (unpaired) electrons. The van der Waals surface area contributed by atoms with E-state index in [1.165, 1.54) is 11.1 Å². The molecule has 0 amide bonds. The van der Waals surface area contributed by atoms with Crippen LogP contribution in [0.4, 0.5) is 0 Å². The number of halogens is 1. The number of benzene rings is 1. The molecule has 0 aromatic heterocycles. The smallest absolute Gasteiger partial charge is 0.193 e. The average Bonchev–Trinajstić information content (AvgIpc) is 2.57. The Balaban J connectivity index is 0.00000338. The van der Waals surface area contributed by atoms with Crippen LogP contribution in [0, 0.1) is 12.8 Å². The van der Waals surface area contributed by atoms with Gasteiger partial charge in [0, 0.05) is 46.8 Å². The molecule has 1 aliphatic heterocycles. The normalized spacial score (nSPS) is 18.5. The maximum absolute atomic E-state index is 5.92. The van der Waals surface area contributed by atoms with Gasteiger partial charge >= 0.3 is 0 Å². The quantitative estimate of drug-likeness (QED) is 0.391. The molecule has 26 heavy (non-hydrogen) atoms. The van der Waals surface area contributed by atoms with Crippen molar-refractivity contribution in [2.24, 2.45) is 10.9 Å². The largest absolute Gasteiger partial charge is 0.374 e. The fraction of sp³-hybridized carbons (Fsp3) is 0.650. The van der Waals surface area contributed by atoms with Gasteiger partial charge < -0.3 is 15.0 Å².